The van der Waals surface area contributed by atoms with Gasteiger partial charge < -0.3 is 15.5 Å². The Bertz CT molecular complexity index is 543. The second-order valence-electron chi connectivity index (χ2n) is 4.02. The van der Waals surface area contributed by atoms with Crippen LogP contribution in [0.5, 0.6) is 11.5 Å². The molecule has 0 aromatic heterocycles. The van der Waals surface area contributed by atoms with Gasteiger partial charge in [-0.2, -0.15) is 0 Å². The Morgan fingerprint density at radius 2 is 1.78 bits per heavy atom. The van der Waals surface area contributed by atoms with E-state index in [4.69, 9.17) is 0 Å². The Morgan fingerprint density at radius 3 is 2.56 bits per heavy atom. The molecule has 2 aromatic rings. The van der Waals surface area contributed by atoms with Gasteiger partial charge in [-0.15, -0.1) is 0 Å². The van der Waals surface area contributed by atoms with Crippen molar-refractivity contribution in [2.75, 3.05) is 0 Å². The summed E-state index contributed by atoms with van der Waals surface area (Å²) in [7, 11) is 0. The van der Waals surface area contributed by atoms with Gasteiger partial charge in [0.05, 0.1) is 0 Å². The second-order valence-corrected chi connectivity index (χ2v) is 4.02. The van der Waals surface area contributed by atoms with E-state index in [9.17, 15) is 14.6 Å². The normalized spacial score (nSPS) is 10.5. The molecule has 0 atom stereocenters. The van der Waals surface area contributed by atoms with Gasteiger partial charge in [-0.05, 0) is 23.8 Å². The van der Waals surface area contributed by atoms with Crippen LogP contribution < -0.4 is 5.32 Å². The minimum atomic E-state index is -0.269. The molecule has 3 nitrogen and oxygen atoms in total. The number of benzene rings is 2. The van der Waals surface area contributed by atoms with Crippen LogP contribution in [0.25, 0.3) is 0 Å². The van der Waals surface area contributed by atoms with Crippen LogP contribution in [-0.4, -0.2) is 10.2 Å². The number of nitrogens with one attached hydrogen (secondary N) is 1. The molecule has 0 spiro atoms. The lowest BCUT2D eigenvalue weighted by Gasteiger charge is -2.08. The topological polar surface area (TPSA) is 52.5 Å². The first-order valence-electron chi connectivity index (χ1n) is 5.62. The van der Waals surface area contributed by atoms with Gasteiger partial charge in [0.2, 0.25) is 0 Å². The van der Waals surface area contributed by atoms with E-state index in [1.165, 1.54) is 18.2 Å². The Balaban J connectivity index is 1.94. The molecule has 2 rings (SSSR count). The molecule has 0 radical (unpaired) electrons. The van der Waals surface area contributed by atoms with Crippen LogP contribution >= 0.6 is 0 Å². The number of aromatic hydroxyl groups is 2. The van der Waals surface area contributed by atoms with E-state index in [1.54, 1.807) is 18.2 Å². The molecule has 0 unspecified atom stereocenters. The van der Waals surface area contributed by atoms with Crippen molar-refractivity contribution in [3.8, 4) is 11.5 Å². The lowest BCUT2D eigenvalue weighted by atomic mass is 10.1. The fraction of sp³-hybridized carbons (Fsp3) is 0.143. The molecule has 4 heteroatoms. The molecular weight excluding hydrogens is 233 g/mol. The summed E-state index contributed by atoms with van der Waals surface area (Å²) in [6.45, 7) is 0.892. The zero-order chi connectivity index (χ0) is 13.0. The molecular formula is C14H14FNO2. The zero-order valence-corrected chi connectivity index (χ0v) is 9.73. The van der Waals surface area contributed by atoms with Gasteiger partial charge in [0.25, 0.3) is 0 Å². The van der Waals surface area contributed by atoms with E-state index < -0.39 is 0 Å². The van der Waals surface area contributed by atoms with Crippen molar-refractivity contribution in [3.05, 3.63) is 59.4 Å². The predicted molar refractivity (Wildman–Crippen MR) is 66.7 cm³/mol. The first-order chi connectivity index (χ1) is 8.66. The largest absolute Gasteiger partial charge is 0.504 e. The number of hydrogen-bond acceptors (Lipinski definition) is 3. The SMILES string of the molecule is Oc1cccc(CNCc2cccc(F)c2)c1O. The van der Waals surface area contributed by atoms with E-state index in [0.717, 1.165) is 5.56 Å². The van der Waals surface area contributed by atoms with Crippen LogP contribution in [0.3, 0.4) is 0 Å². The Labute approximate surface area is 105 Å². The molecule has 0 bridgehead atoms. The third kappa shape index (κ3) is 2.99. The summed E-state index contributed by atoms with van der Waals surface area (Å²) in [5.74, 6) is -0.529. The van der Waals surface area contributed by atoms with Crippen molar-refractivity contribution in [2.45, 2.75) is 13.1 Å². The molecule has 0 saturated carbocycles. The van der Waals surface area contributed by atoms with Gasteiger partial charge in [0.1, 0.15) is 5.82 Å². The maximum atomic E-state index is 12.9. The van der Waals surface area contributed by atoms with Crippen molar-refractivity contribution < 1.29 is 14.6 Å². The monoisotopic (exact) mass is 247 g/mol. The van der Waals surface area contributed by atoms with Gasteiger partial charge >= 0.3 is 0 Å². The van der Waals surface area contributed by atoms with E-state index in [1.807, 2.05) is 6.07 Å². The summed E-state index contributed by atoms with van der Waals surface area (Å²) in [4.78, 5) is 0. The number of para-hydroxylation sites is 1. The van der Waals surface area contributed by atoms with E-state index in [2.05, 4.69) is 5.32 Å². The first kappa shape index (κ1) is 12.4. The molecule has 3 N–H and O–H groups in total. The summed E-state index contributed by atoms with van der Waals surface area (Å²) in [5, 5.41) is 22.0. The molecule has 0 fully saturated rings. The third-order valence-electron chi connectivity index (χ3n) is 2.63. The van der Waals surface area contributed by atoms with Gasteiger partial charge in [-0.1, -0.05) is 24.3 Å². The van der Waals surface area contributed by atoms with Crippen molar-refractivity contribution in [3.63, 3.8) is 0 Å². The molecule has 0 heterocycles. The standard InChI is InChI=1S/C14H14FNO2/c15-12-5-1-3-10(7-12)8-16-9-11-4-2-6-13(17)14(11)18/h1-7,16-18H,8-9H2. The molecule has 0 aliphatic rings. The minimum absolute atomic E-state index is 0.121. The Kier molecular flexibility index (Phi) is 3.79. The van der Waals surface area contributed by atoms with Gasteiger partial charge in [0, 0.05) is 18.7 Å². The highest BCUT2D eigenvalue weighted by Crippen LogP contribution is 2.27. The second kappa shape index (κ2) is 5.51. The van der Waals surface area contributed by atoms with Crippen molar-refractivity contribution in [1.82, 2.24) is 5.32 Å². The molecule has 0 aliphatic heterocycles. The van der Waals surface area contributed by atoms with Crippen molar-refractivity contribution in [2.24, 2.45) is 0 Å². The summed E-state index contributed by atoms with van der Waals surface area (Å²) in [5.41, 5.74) is 1.43. The van der Waals surface area contributed by atoms with Crippen molar-refractivity contribution in [1.29, 1.82) is 0 Å². The van der Waals surface area contributed by atoms with Crippen LogP contribution in [0.4, 0.5) is 4.39 Å². The Morgan fingerprint density at radius 1 is 1.00 bits per heavy atom. The minimum Gasteiger partial charge on any atom is -0.504 e. The quantitative estimate of drug-likeness (QED) is 0.728. The fourth-order valence-corrected chi connectivity index (χ4v) is 1.71. The number of hydrogen-bond donors (Lipinski definition) is 3. The molecule has 2 aromatic carbocycles. The lowest BCUT2D eigenvalue weighted by Crippen LogP contribution is -2.12. The highest BCUT2D eigenvalue weighted by molar-refractivity contribution is 5.44. The fourth-order valence-electron chi connectivity index (χ4n) is 1.71. The number of rotatable bonds is 4. The smallest absolute Gasteiger partial charge is 0.161 e. The van der Waals surface area contributed by atoms with Crippen LogP contribution in [0, 0.1) is 5.82 Å². The summed E-state index contributed by atoms with van der Waals surface area (Å²) in [6, 6.07) is 11.1. The molecule has 0 saturated heterocycles. The van der Waals surface area contributed by atoms with Crippen LogP contribution in [0.1, 0.15) is 11.1 Å². The Hall–Kier alpha value is -2.07. The molecule has 0 amide bonds. The van der Waals surface area contributed by atoms with Crippen molar-refractivity contribution >= 4 is 0 Å². The number of phenolic OH excluding ortho intramolecular Hbond substituents is 2. The average molecular weight is 247 g/mol. The average Bonchev–Trinajstić information content (AvgIpc) is 2.35. The van der Waals surface area contributed by atoms with Crippen LogP contribution in [0.2, 0.25) is 0 Å². The van der Waals surface area contributed by atoms with E-state index >= 15 is 0 Å². The summed E-state index contributed by atoms with van der Waals surface area (Å²) in [6.07, 6.45) is 0. The maximum absolute atomic E-state index is 12.9. The summed E-state index contributed by atoms with van der Waals surface area (Å²) >= 11 is 0. The summed E-state index contributed by atoms with van der Waals surface area (Å²) < 4.78 is 12.9. The zero-order valence-electron chi connectivity index (χ0n) is 9.73. The highest BCUT2D eigenvalue weighted by atomic mass is 19.1. The highest BCUT2D eigenvalue weighted by Gasteiger charge is 2.04. The van der Waals surface area contributed by atoms with Crippen LogP contribution in [0.15, 0.2) is 42.5 Å². The van der Waals surface area contributed by atoms with Gasteiger partial charge in [-0.3, -0.25) is 0 Å². The number of halogens is 1. The van der Waals surface area contributed by atoms with Gasteiger partial charge in [0.15, 0.2) is 11.5 Å². The predicted octanol–water partition coefficient (Wildman–Crippen LogP) is 2.53. The van der Waals surface area contributed by atoms with Crippen LogP contribution in [-0.2, 0) is 13.1 Å². The van der Waals surface area contributed by atoms with E-state index in [0.29, 0.717) is 18.7 Å². The molecule has 94 valence electrons. The maximum Gasteiger partial charge on any atom is 0.161 e. The first-order valence-corrected chi connectivity index (χ1v) is 5.62. The van der Waals surface area contributed by atoms with Gasteiger partial charge in [-0.25, -0.2) is 4.39 Å². The third-order valence-corrected chi connectivity index (χ3v) is 2.63. The lowest BCUT2D eigenvalue weighted by molar-refractivity contribution is 0.397. The molecule has 0 aliphatic carbocycles. The molecule has 18 heavy (non-hydrogen) atoms. The van der Waals surface area contributed by atoms with E-state index in [-0.39, 0.29) is 17.3 Å². The number of phenols is 2.